The zero-order valence-corrected chi connectivity index (χ0v) is 25.2. The molecule has 2 fully saturated rings. The Morgan fingerprint density at radius 2 is 1.54 bits per heavy atom. The number of ketones is 3. The van der Waals surface area contributed by atoms with Gasteiger partial charge in [-0.25, -0.2) is 0 Å². The fourth-order valence-corrected chi connectivity index (χ4v) is 7.00. The van der Waals surface area contributed by atoms with Crippen LogP contribution in [0.5, 0.6) is 11.5 Å². The van der Waals surface area contributed by atoms with Crippen LogP contribution in [0.3, 0.4) is 0 Å². The number of phenols is 2. The van der Waals surface area contributed by atoms with Gasteiger partial charge in [0.1, 0.15) is 29.8 Å². The summed E-state index contributed by atoms with van der Waals surface area (Å²) in [6.07, 6.45) is -8.83. The highest BCUT2D eigenvalue weighted by Gasteiger charge is 2.50. The minimum atomic E-state index is -2.28. The first-order valence-electron chi connectivity index (χ1n) is 15.1. The average Bonchev–Trinajstić information content (AvgIpc) is 3.01. The van der Waals surface area contributed by atoms with Crippen molar-refractivity contribution in [3.8, 4) is 11.5 Å². The number of benzene rings is 2. The molecule has 4 aliphatic rings. The SMILES string of the molecule is C[C@@H]1O[C@@H](O[C@H]2[C@H](C)O[C@@H](O[C@H]3C[C@](O)(C(=O)CO)Cc4c(O)c5c(c(O)c43)C(=O)c3ccccc3C5=O)C[C@@H]2O)C[C@H](N)[C@@H]1O. The van der Waals surface area contributed by atoms with Crippen molar-refractivity contribution in [3.63, 3.8) is 0 Å². The van der Waals surface area contributed by atoms with Crippen molar-refractivity contribution in [1.82, 2.24) is 0 Å². The van der Waals surface area contributed by atoms with E-state index in [0.717, 1.165) is 0 Å². The fraction of sp³-hybridized carbons (Fsp3) is 0.531. The van der Waals surface area contributed by atoms with Gasteiger partial charge in [-0.05, 0) is 13.8 Å². The number of phenolic OH excluding ortho intramolecular Hbond substituents is 2. The molecule has 0 aromatic heterocycles. The maximum atomic E-state index is 13.5. The maximum absolute atomic E-state index is 13.5. The Morgan fingerprint density at radius 1 is 0.957 bits per heavy atom. The van der Waals surface area contributed by atoms with Crippen molar-refractivity contribution in [3.05, 3.63) is 57.6 Å². The number of hydrogen-bond acceptors (Lipinski definition) is 14. The van der Waals surface area contributed by atoms with Crippen LogP contribution in [0.25, 0.3) is 0 Å². The van der Waals surface area contributed by atoms with Gasteiger partial charge in [0.15, 0.2) is 29.9 Å². The van der Waals surface area contributed by atoms with Crippen LogP contribution in [0, 0.1) is 0 Å². The van der Waals surface area contributed by atoms with Gasteiger partial charge in [0.2, 0.25) is 0 Å². The van der Waals surface area contributed by atoms with Crippen LogP contribution in [-0.4, -0.2) is 109 Å². The Bertz CT molecular complexity index is 1550. The molecule has 2 saturated heterocycles. The predicted molar refractivity (Wildman–Crippen MR) is 155 cm³/mol. The summed E-state index contributed by atoms with van der Waals surface area (Å²) in [6.45, 7) is 2.23. The lowest BCUT2D eigenvalue weighted by Crippen LogP contribution is -2.56. The molecule has 2 aliphatic heterocycles. The van der Waals surface area contributed by atoms with Crippen molar-refractivity contribution < 1.29 is 64.0 Å². The van der Waals surface area contributed by atoms with Crippen LogP contribution in [0.1, 0.15) is 82.2 Å². The van der Waals surface area contributed by atoms with Gasteiger partial charge in [-0.2, -0.15) is 0 Å². The number of aliphatic hydroxyl groups excluding tert-OH is 3. The second-order valence-electron chi connectivity index (χ2n) is 12.5. The molecule has 0 unspecified atom stereocenters. The number of Topliss-reactive ketones (excluding diaryl/α,β-unsaturated/α-hetero) is 1. The first-order chi connectivity index (χ1) is 21.7. The van der Waals surface area contributed by atoms with E-state index in [-0.39, 0.29) is 35.1 Å². The largest absolute Gasteiger partial charge is 0.507 e. The van der Waals surface area contributed by atoms with Gasteiger partial charge >= 0.3 is 0 Å². The van der Waals surface area contributed by atoms with E-state index in [2.05, 4.69) is 0 Å². The average molecular weight is 644 g/mol. The third-order valence-corrected chi connectivity index (χ3v) is 9.45. The second kappa shape index (κ2) is 12.0. The van der Waals surface area contributed by atoms with E-state index < -0.39 is 120 Å². The lowest BCUT2D eigenvalue weighted by Gasteiger charge is -2.44. The molecule has 14 nitrogen and oxygen atoms in total. The van der Waals surface area contributed by atoms with Crippen LogP contribution >= 0.6 is 0 Å². The minimum absolute atomic E-state index is 0.0153. The monoisotopic (exact) mass is 643 g/mol. The molecule has 2 heterocycles. The number of aromatic hydroxyl groups is 2. The highest BCUT2D eigenvalue weighted by atomic mass is 16.7. The van der Waals surface area contributed by atoms with Crippen LogP contribution < -0.4 is 5.73 Å². The van der Waals surface area contributed by atoms with Gasteiger partial charge in [0.25, 0.3) is 0 Å². The van der Waals surface area contributed by atoms with E-state index in [1.807, 2.05) is 0 Å². The van der Waals surface area contributed by atoms with Gasteiger partial charge < -0.3 is 55.3 Å². The molecule has 2 aromatic rings. The number of ether oxygens (including phenoxy) is 4. The van der Waals surface area contributed by atoms with Crippen molar-refractivity contribution in [2.45, 2.75) is 100 Å². The first-order valence-corrected chi connectivity index (χ1v) is 15.1. The summed E-state index contributed by atoms with van der Waals surface area (Å²) in [5.41, 5.74) is 2.51. The zero-order valence-electron chi connectivity index (χ0n) is 25.2. The molecule has 0 saturated carbocycles. The highest BCUT2D eigenvalue weighted by Crippen LogP contribution is 2.52. The number of carbonyl (C=O) groups excluding carboxylic acids is 3. The van der Waals surface area contributed by atoms with E-state index in [9.17, 15) is 45.0 Å². The number of rotatable bonds is 6. The number of fused-ring (bicyclic) bond motifs is 3. The molecule has 2 aliphatic carbocycles. The third-order valence-electron chi connectivity index (χ3n) is 9.45. The summed E-state index contributed by atoms with van der Waals surface area (Å²) in [5, 5.41) is 65.1. The molecular formula is C32H37NO13. The van der Waals surface area contributed by atoms with Gasteiger partial charge in [-0.15, -0.1) is 0 Å². The number of hydrogen-bond donors (Lipinski definition) is 7. The van der Waals surface area contributed by atoms with E-state index in [1.54, 1.807) is 26.0 Å². The van der Waals surface area contributed by atoms with E-state index >= 15 is 0 Å². The molecule has 2 aromatic carbocycles. The molecule has 248 valence electrons. The van der Waals surface area contributed by atoms with Gasteiger partial charge in [0.05, 0.1) is 41.6 Å². The summed E-state index contributed by atoms with van der Waals surface area (Å²) in [6, 6.07) is 5.34. The van der Waals surface area contributed by atoms with Crippen LogP contribution in [0.2, 0.25) is 0 Å². The van der Waals surface area contributed by atoms with E-state index in [0.29, 0.717) is 0 Å². The smallest absolute Gasteiger partial charge is 0.198 e. The molecule has 8 N–H and O–H groups in total. The number of carbonyl (C=O) groups is 3. The van der Waals surface area contributed by atoms with Gasteiger partial charge in [-0.3, -0.25) is 14.4 Å². The highest BCUT2D eigenvalue weighted by molar-refractivity contribution is 6.30. The Labute approximate surface area is 263 Å². The molecule has 14 heteroatoms. The lowest BCUT2D eigenvalue weighted by molar-refractivity contribution is -0.311. The number of nitrogens with two attached hydrogens (primary N) is 1. The van der Waals surface area contributed by atoms with Gasteiger partial charge in [-0.1, -0.05) is 24.3 Å². The molecule has 10 atom stereocenters. The molecule has 46 heavy (non-hydrogen) atoms. The molecular weight excluding hydrogens is 606 g/mol. The predicted octanol–water partition coefficient (Wildman–Crippen LogP) is -0.126. The van der Waals surface area contributed by atoms with Crippen LogP contribution in [0.15, 0.2) is 24.3 Å². The third kappa shape index (κ3) is 5.33. The minimum Gasteiger partial charge on any atom is -0.507 e. The summed E-state index contributed by atoms with van der Waals surface area (Å²) in [4.78, 5) is 39.7. The molecule has 6 rings (SSSR count). The Kier molecular flexibility index (Phi) is 8.54. The maximum Gasteiger partial charge on any atom is 0.198 e. The lowest BCUT2D eigenvalue weighted by atomic mass is 9.72. The summed E-state index contributed by atoms with van der Waals surface area (Å²) in [5.74, 6) is -3.80. The normalized spacial score (nSPS) is 35.7. The van der Waals surface area contributed by atoms with Crippen LogP contribution in [0.4, 0.5) is 0 Å². The fourth-order valence-electron chi connectivity index (χ4n) is 7.00. The Hall–Kier alpha value is -3.31. The molecule has 0 radical (unpaired) electrons. The van der Waals surface area contributed by atoms with E-state index in [1.165, 1.54) is 12.1 Å². The van der Waals surface area contributed by atoms with Crippen molar-refractivity contribution in [1.29, 1.82) is 0 Å². The van der Waals surface area contributed by atoms with Gasteiger partial charge in [0, 0.05) is 54.0 Å². The van der Waals surface area contributed by atoms with E-state index in [4.69, 9.17) is 24.7 Å². The second-order valence-corrected chi connectivity index (χ2v) is 12.5. The molecule has 0 bridgehead atoms. The molecule has 0 amide bonds. The van der Waals surface area contributed by atoms with Crippen molar-refractivity contribution in [2.75, 3.05) is 6.61 Å². The summed E-state index contributed by atoms with van der Waals surface area (Å²) in [7, 11) is 0. The molecule has 0 spiro atoms. The summed E-state index contributed by atoms with van der Waals surface area (Å²) >= 11 is 0. The van der Waals surface area contributed by atoms with Crippen molar-refractivity contribution in [2.24, 2.45) is 5.73 Å². The first kappa shape index (κ1) is 32.6. The zero-order chi connectivity index (χ0) is 33.2. The number of aliphatic hydroxyl groups is 4. The summed E-state index contributed by atoms with van der Waals surface area (Å²) < 4.78 is 23.8. The van der Waals surface area contributed by atoms with Crippen LogP contribution in [-0.2, 0) is 30.2 Å². The Balaban J connectivity index is 1.31. The quantitative estimate of drug-likeness (QED) is 0.173. The topological polar surface area (TPSA) is 236 Å². The standard InChI is InChI=1S/C32H37NO13/c1-12-26(37)17(33)7-21(43-12)46-31-13(2)44-22(8-18(31)35)45-19-10-32(42,20(36)11-34)9-16-23(19)30(41)25-24(29(16)40)27(38)14-5-3-4-6-15(14)28(25)39/h3-6,12-13,17-19,21-22,26,31,34-35,37,40-42H,7-11,33H2,1-2H3/t12-,13-,17-,18-,19-,21-,22-,26+,31-,32-/m0/s1. The van der Waals surface area contributed by atoms with Crippen molar-refractivity contribution >= 4 is 17.3 Å². The Morgan fingerprint density at radius 3 is 2.13 bits per heavy atom.